The summed E-state index contributed by atoms with van der Waals surface area (Å²) < 4.78 is 0. The Morgan fingerprint density at radius 3 is 2.61 bits per heavy atom. The molecule has 0 saturated carbocycles. The van der Waals surface area contributed by atoms with Gasteiger partial charge in [0.1, 0.15) is 0 Å². The first kappa shape index (κ1) is 15.2. The Morgan fingerprint density at radius 2 is 1.87 bits per heavy atom. The number of amides is 1. The van der Waals surface area contributed by atoms with Crippen molar-refractivity contribution < 1.29 is 4.79 Å². The van der Waals surface area contributed by atoms with Crippen molar-refractivity contribution in [2.75, 3.05) is 32.5 Å². The number of likely N-dealkylation sites (N-methyl/N-ethyl adjacent to an activating group) is 1. The Labute approximate surface area is 135 Å². The number of carbonyl (C=O) groups excluding carboxylic acids is 1. The third kappa shape index (κ3) is 2.96. The molecule has 5 nitrogen and oxygen atoms in total. The normalized spacial score (nSPS) is 11.3. The highest BCUT2D eigenvalue weighted by Gasteiger charge is 2.13. The van der Waals surface area contributed by atoms with Crippen LogP contribution in [0.5, 0.6) is 0 Å². The van der Waals surface area contributed by atoms with Crippen LogP contribution in [0, 0.1) is 0 Å². The SMILES string of the molecule is CN(C)CCNc1c2ccccc2nc2c(C(N)=O)cccc12. The Hall–Kier alpha value is -2.66. The third-order valence-electron chi connectivity index (χ3n) is 3.84. The minimum atomic E-state index is -0.461. The minimum Gasteiger partial charge on any atom is -0.383 e. The molecule has 23 heavy (non-hydrogen) atoms. The average molecular weight is 308 g/mol. The summed E-state index contributed by atoms with van der Waals surface area (Å²) in [6, 6.07) is 13.5. The maximum atomic E-state index is 11.7. The molecule has 0 spiro atoms. The monoisotopic (exact) mass is 308 g/mol. The van der Waals surface area contributed by atoms with Gasteiger partial charge in [0.2, 0.25) is 0 Å². The number of rotatable bonds is 5. The molecular formula is C18H20N4O. The van der Waals surface area contributed by atoms with Crippen molar-refractivity contribution in [3.63, 3.8) is 0 Å². The molecule has 0 saturated heterocycles. The van der Waals surface area contributed by atoms with Gasteiger partial charge in [-0.15, -0.1) is 0 Å². The van der Waals surface area contributed by atoms with Crippen molar-refractivity contribution in [1.29, 1.82) is 0 Å². The standard InChI is InChI=1S/C18H20N4O/c1-22(2)11-10-20-16-12-6-3-4-9-15(12)21-17-13(16)7-5-8-14(17)18(19)23/h3-9H,10-11H2,1-2H3,(H2,19,23)(H,20,21). The van der Waals surface area contributed by atoms with Crippen molar-refractivity contribution in [1.82, 2.24) is 9.88 Å². The smallest absolute Gasteiger partial charge is 0.250 e. The molecule has 0 aliphatic rings. The number of hydrogen-bond donors (Lipinski definition) is 2. The fourth-order valence-electron chi connectivity index (χ4n) is 2.71. The lowest BCUT2D eigenvalue weighted by Gasteiger charge is -2.16. The Bertz CT molecular complexity index is 873. The third-order valence-corrected chi connectivity index (χ3v) is 3.84. The quantitative estimate of drug-likeness (QED) is 0.710. The van der Waals surface area contributed by atoms with Crippen LogP contribution in [0.25, 0.3) is 21.8 Å². The lowest BCUT2D eigenvalue weighted by molar-refractivity contribution is 0.100. The predicted molar refractivity (Wildman–Crippen MR) is 94.8 cm³/mol. The number of carbonyl (C=O) groups is 1. The van der Waals surface area contributed by atoms with Gasteiger partial charge in [0.15, 0.2) is 0 Å². The second kappa shape index (κ2) is 6.22. The number of fused-ring (bicyclic) bond motifs is 2. The van der Waals surface area contributed by atoms with Crippen LogP contribution < -0.4 is 11.1 Å². The number of para-hydroxylation sites is 2. The Morgan fingerprint density at radius 1 is 1.13 bits per heavy atom. The van der Waals surface area contributed by atoms with Crippen LogP contribution >= 0.6 is 0 Å². The van der Waals surface area contributed by atoms with Crippen molar-refractivity contribution in [3.05, 3.63) is 48.0 Å². The maximum absolute atomic E-state index is 11.7. The van der Waals surface area contributed by atoms with E-state index in [0.717, 1.165) is 35.1 Å². The van der Waals surface area contributed by atoms with E-state index in [1.165, 1.54) is 0 Å². The van der Waals surface area contributed by atoms with Crippen LogP contribution in [0.2, 0.25) is 0 Å². The Kier molecular flexibility index (Phi) is 4.12. The topological polar surface area (TPSA) is 71.2 Å². The number of pyridine rings is 1. The number of benzene rings is 2. The second-order valence-electron chi connectivity index (χ2n) is 5.80. The van der Waals surface area contributed by atoms with Crippen LogP contribution in [0.3, 0.4) is 0 Å². The van der Waals surface area contributed by atoms with Crippen LogP contribution in [-0.2, 0) is 0 Å². The number of nitrogens with one attached hydrogen (secondary N) is 1. The molecule has 0 aliphatic carbocycles. The van der Waals surface area contributed by atoms with Gasteiger partial charge in [0.25, 0.3) is 5.91 Å². The van der Waals surface area contributed by atoms with Crippen LogP contribution in [-0.4, -0.2) is 43.0 Å². The first-order valence-corrected chi connectivity index (χ1v) is 7.58. The van der Waals surface area contributed by atoms with Gasteiger partial charge in [-0.05, 0) is 26.2 Å². The van der Waals surface area contributed by atoms with Gasteiger partial charge < -0.3 is 16.0 Å². The molecule has 0 fully saturated rings. The van der Waals surface area contributed by atoms with E-state index in [1.54, 1.807) is 6.07 Å². The van der Waals surface area contributed by atoms with Gasteiger partial charge in [-0.1, -0.05) is 30.3 Å². The summed E-state index contributed by atoms with van der Waals surface area (Å²) in [7, 11) is 4.07. The lowest BCUT2D eigenvalue weighted by Crippen LogP contribution is -2.21. The summed E-state index contributed by atoms with van der Waals surface area (Å²) in [5.41, 5.74) is 8.44. The van der Waals surface area contributed by atoms with E-state index in [1.807, 2.05) is 50.5 Å². The van der Waals surface area contributed by atoms with E-state index < -0.39 is 5.91 Å². The number of nitrogens with zero attached hydrogens (tertiary/aromatic N) is 2. The van der Waals surface area contributed by atoms with Crippen molar-refractivity contribution >= 4 is 33.4 Å². The van der Waals surface area contributed by atoms with E-state index >= 15 is 0 Å². The first-order valence-electron chi connectivity index (χ1n) is 7.58. The van der Waals surface area contributed by atoms with Gasteiger partial charge >= 0.3 is 0 Å². The summed E-state index contributed by atoms with van der Waals surface area (Å²) in [6.07, 6.45) is 0. The summed E-state index contributed by atoms with van der Waals surface area (Å²) >= 11 is 0. The van der Waals surface area contributed by atoms with Gasteiger partial charge in [0, 0.05) is 23.9 Å². The molecule has 1 aromatic heterocycles. The molecule has 1 heterocycles. The van der Waals surface area contributed by atoms with E-state index in [4.69, 9.17) is 5.73 Å². The number of hydrogen-bond acceptors (Lipinski definition) is 4. The van der Waals surface area contributed by atoms with Crippen molar-refractivity contribution in [2.24, 2.45) is 5.73 Å². The van der Waals surface area contributed by atoms with Crippen LogP contribution in [0.1, 0.15) is 10.4 Å². The van der Waals surface area contributed by atoms with E-state index in [2.05, 4.69) is 15.2 Å². The van der Waals surface area contributed by atoms with Gasteiger partial charge in [0.05, 0.1) is 22.3 Å². The highest BCUT2D eigenvalue weighted by Crippen LogP contribution is 2.32. The van der Waals surface area contributed by atoms with E-state index in [9.17, 15) is 4.79 Å². The lowest BCUT2D eigenvalue weighted by atomic mass is 10.0. The predicted octanol–water partition coefficient (Wildman–Crippen LogP) is 2.46. The van der Waals surface area contributed by atoms with Crippen molar-refractivity contribution in [3.8, 4) is 0 Å². The zero-order chi connectivity index (χ0) is 16.4. The fourth-order valence-corrected chi connectivity index (χ4v) is 2.71. The molecule has 0 radical (unpaired) electrons. The molecule has 2 aromatic carbocycles. The van der Waals surface area contributed by atoms with Gasteiger partial charge in [-0.2, -0.15) is 0 Å². The van der Waals surface area contributed by atoms with E-state index in [0.29, 0.717) is 11.1 Å². The van der Waals surface area contributed by atoms with Crippen LogP contribution in [0.15, 0.2) is 42.5 Å². The molecule has 3 aromatic rings. The number of nitrogens with two attached hydrogens (primary N) is 1. The maximum Gasteiger partial charge on any atom is 0.250 e. The average Bonchev–Trinajstić information content (AvgIpc) is 2.53. The van der Waals surface area contributed by atoms with Gasteiger partial charge in [-0.3, -0.25) is 4.79 Å². The number of aromatic nitrogens is 1. The molecule has 5 heteroatoms. The van der Waals surface area contributed by atoms with Crippen molar-refractivity contribution in [2.45, 2.75) is 0 Å². The summed E-state index contributed by atoms with van der Waals surface area (Å²) in [5.74, 6) is -0.461. The van der Waals surface area contributed by atoms with E-state index in [-0.39, 0.29) is 0 Å². The molecular weight excluding hydrogens is 288 g/mol. The highest BCUT2D eigenvalue weighted by molar-refractivity contribution is 6.13. The first-order chi connectivity index (χ1) is 11.1. The van der Waals surface area contributed by atoms with Gasteiger partial charge in [-0.25, -0.2) is 4.98 Å². The fraction of sp³-hybridized carbons (Fsp3) is 0.222. The largest absolute Gasteiger partial charge is 0.383 e. The Balaban J connectivity index is 2.23. The zero-order valence-electron chi connectivity index (χ0n) is 13.3. The molecule has 3 N–H and O–H groups in total. The summed E-state index contributed by atoms with van der Waals surface area (Å²) in [6.45, 7) is 1.71. The minimum absolute atomic E-state index is 0.448. The van der Waals surface area contributed by atoms with Crippen LogP contribution in [0.4, 0.5) is 5.69 Å². The molecule has 0 aliphatic heterocycles. The number of anilines is 1. The number of primary amides is 1. The highest BCUT2D eigenvalue weighted by atomic mass is 16.1. The molecule has 0 atom stereocenters. The molecule has 0 bridgehead atoms. The summed E-state index contributed by atoms with van der Waals surface area (Å²) in [5, 5.41) is 5.45. The second-order valence-corrected chi connectivity index (χ2v) is 5.80. The summed E-state index contributed by atoms with van der Waals surface area (Å²) in [4.78, 5) is 18.5. The molecule has 118 valence electrons. The zero-order valence-corrected chi connectivity index (χ0v) is 13.3. The molecule has 0 unspecified atom stereocenters. The molecule has 1 amide bonds. The molecule has 3 rings (SSSR count).